The van der Waals surface area contributed by atoms with E-state index in [1.807, 2.05) is 0 Å². The molecule has 0 aromatic rings. The van der Waals surface area contributed by atoms with Crippen molar-refractivity contribution in [2.75, 3.05) is 0 Å². The highest BCUT2D eigenvalue weighted by atomic mass is 16.4. The van der Waals surface area contributed by atoms with E-state index in [0.29, 0.717) is 11.6 Å². The van der Waals surface area contributed by atoms with E-state index in [0.717, 1.165) is 18.9 Å². The topological polar surface area (TPSA) is 92.4 Å². The van der Waals surface area contributed by atoms with Crippen LogP contribution in [0.15, 0.2) is 24.0 Å². The molecular weight excluding hydrogens is 184 g/mol. The van der Waals surface area contributed by atoms with Gasteiger partial charge < -0.3 is 16.2 Å². The quantitative estimate of drug-likeness (QED) is 0.537. The Kier molecular flexibility index (Phi) is 2.91. The van der Waals surface area contributed by atoms with Crippen LogP contribution in [0.2, 0.25) is 0 Å². The Bertz CT molecular complexity index is 316. The van der Waals surface area contributed by atoms with Crippen molar-refractivity contribution in [3.63, 3.8) is 0 Å². The molecule has 0 spiro atoms. The van der Waals surface area contributed by atoms with Gasteiger partial charge in [0.1, 0.15) is 5.70 Å². The Labute approximate surface area is 81.3 Å². The lowest BCUT2D eigenvalue weighted by Crippen LogP contribution is -2.23. The molecule has 0 heterocycles. The van der Waals surface area contributed by atoms with Crippen LogP contribution in [-0.4, -0.2) is 17.0 Å². The van der Waals surface area contributed by atoms with Crippen molar-refractivity contribution in [2.45, 2.75) is 12.8 Å². The largest absolute Gasteiger partial charge is 0.477 e. The maximum Gasteiger partial charge on any atom is 0.352 e. The van der Waals surface area contributed by atoms with Crippen LogP contribution < -0.4 is 11.1 Å². The molecule has 4 N–H and O–H groups in total. The number of allylic oxidation sites excluding steroid dienone is 1. The van der Waals surface area contributed by atoms with Gasteiger partial charge in [-0.15, -0.1) is 0 Å². The maximum absolute atomic E-state index is 10.6. The van der Waals surface area contributed by atoms with Crippen molar-refractivity contribution in [3.05, 3.63) is 24.0 Å². The number of carbonyl (C=O) groups excluding carboxylic acids is 1. The smallest absolute Gasteiger partial charge is 0.352 e. The van der Waals surface area contributed by atoms with Crippen LogP contribution in [0.4, 0.5) is 0 Å². The average molecular weight is 196 g/mol. The van der Waals surface area contributed by atoms with E-state index in [9.17, 15) is 9.59 Å². The van der Waals surface area contributed by atoms with Crippen LogP contribution >= 0.6 is 0 Å². The summed E-state index contributed by atoms with van der Waals surface area (Å²) in [6.07, 6.45) is 2.86. The van der Waals surface area contributed by atoms with Gasteiger partial charge in [0.05, 0.1) is 0 Å². The lowest BCUT2D eigenvalue weighted by Gasteiger charge is -2.07. The molecule has 0 aliphatic heterocycles. The number of carboxylic acids is 1. The summed E-state index contributed by atoms with van der Waals surface area (Å²) in [6, 6.07) is 0. The Morgan fingerprint density at radius 1 is 1.50 bits per heavy atom. The Morgan fingerprint density at radius 3 is 2.43 bits per heavy atom. The molecule has 0 aromatic carbocycles. The molecule has 1 fully saturated rings. The fourth-order valence-electron chi connectivity index (χ4n) is 1.00. The molecule has 0 bridgehead atoms. The fraction of sp³-hybridized carbons (Fsp3) is 0.333. The second-order valence-corrected chi connectivity index (χ2v) is 3.19. The van der Waals surface area contributed by atoms with Gasteiger partial charge in [-0.3, -0.25) is 4.79 Å². The normalized spacial score (nSPS) is 16.1. The fourth-order valence-corrected chi connectivity index (χ4v) is 1.00. The molecular formula is C9H12N2O3. The molecule has 0 saturated heterocycles. The number of primary amides is 1. The van der Waals surface area contributed by atoms with Gasteiger partial charge in [0, 0.05) is 11.8 Å². The molecule has 1 aliphatic carbocycles. The van der Waals surface area contributed by atoms with Crippen LogP contribution in [0.5, 0.6) is 0 Å². The zero-order valence-corrected chi connectivity index (χ0v) is 7.62. The molecule has 14 heavy (non-hydrogen) atoms. The van der Waals surface area contributed by atoms with E-state index < -0.39 is 11.9 Å². The predicted octanol–water partition coefficient (Wildman–Crippen LogP) is -0.0465. The number of nitrogens with one attached hydrogen (secondary N) is 1. The third-order valence-electron chi connectivity index (χ3n) is 1.88. The molecule has 0 radical (unpaired) electrons. The van der Waals surface area contributed by atoms with Crippen molar-refractivity contribution in [3.8, 4) is 0 Å². The number of amides is 1. The van der Waals surface area contributed by atoms with E-state index in [2.05, 4.69) is 11.9 Å². The third kappa shape index (κ3) is 2.93. The standard InChI is InChI=1S/C9H12N2O3/c1-5(6-2-3-6)11-7(9(13)14)4-8(10)12/h4,6,11H,1-3H2,(H2,10,12)(H,13,14). The summed E-state index contributed by atoms with van der Waals surface area (Å²) < 4.78 is 0. The number of carboxylic acid groups (broad SMARTS) is 1. The van der Waals surface area contributed by atoms with Crippen molar-refractivity contribution >= 4 is 11.9 Å². The summed E-state index contributed by atoms with van der Waals surface area (Å²) in [4.78, 5) is 21.1. The van der Waals surface area contributed by atoms with Crippen LogP contribution in [0.1, 0.15) is 12.8 Å². The van der Waals surface area contributed by atoms with E-state index in [1.54, 1.807) is 0 Å². The average Bonchev–Trinajstić information content (AvgIpc) is 2.83. The van der Waals surface area contributed by atoms with E-state index >= 15 is 0 Å². The summed E-state index contributed by atoms with van der Waals surface area (Å²) in [5.41, 5.74) is 5.25. The predicted molar refractivity (Wildman–Crippen MR) is 49.9 cm³/mol. The maximum atomic E-state index is 10.6. The number of aliphatic carboxylic acids is 1. The molecule has 1 amide bonds. The second-order valence-electron chi connectivity index (χ2n) is 3.19. The first-order chi connectivity index (χ1) is 6.50. The van der Waals surface area contributed by atoms with E-state index in [4.69, 9.17) is 10.8 Å². The van der Waals surface area contributed by atoms with Gasteiger partial charge in [-0.25, -0.2) is 4.79 Å². The molecule has 1 aliphatic rings. The number of hydrogen-bond acceptors (Lipinski definition) is 3. The first-order valence-electron chi connectivity index (χ1n) is 4.21. The van der Waals surface area contributed by atoms with Crippen molar-refractivity contribution in [1.29, 1.82) is 0 Å². The van der Waals surface area contributed by atoms with Gasteiger partial charge in [-0.2, -0.15) is 0 Å². The summed E-state index contributed by atoms with van der Waals surface area (Å²) in [7, 11) is 0. The number of rotatable bonds is 5. The molecule has 5 heteroatoms. The minimum Gasteiger partial charge on any atom is -0.477 e. The summed E-state index contributed by atoms with van der Waals surface area (Å²) in [5, 5.41) is 11.3. The molecule has 0 aromatic heterocycles. The third-order valence-corrected chi connectivity index (χ3v) is 1.88. The minimum absolute atomic E-state index is 0.227. The zero-order chi connectivity index (χ0) is 10.7. The molecule has 0 unspecified atom stereocenters. The Hall–Kier alpha value is -1.78. The van der Waals surface area contributed by atoms with E-state index in [-0.39, 0.29) is 5.70 Å². The first-order valence-corrected chi connectivity index (χ1v) is 4.21. The lowest BCUT2D eigenvalue weighted by molar-refractivity contribution is -0.133. The van der Waals surface area contributed by atoms with Gasteiger partial charge in [-0.05, 0) is 18.8 Å². The second kappa shape index (κ2) is 3.95. The molecule has 0 atom stereocenters. The van der Waals surface area contributed by atoms with Crippen molar-refractivity contribution in [2.24, 2.45) is 11.7 Å². The lowest BCUT2D eigenvalue weighted by atomic mass is 10.3. The Balaban J connectivity index is 2.63. The molecule has 1 saturated carbocycles. The van der Waals surface area contributed by atoms with Gasteiger partial charge in [0.25, 0.3) is 0 Å². The highest BCUT2D eigenvalue weighted by Crippen LogP contribution is 2.34. The zero-order valence-electron chi connectivity index (χ0n) is 7.62. The van der Waals surface area contributed by atoms with Gasteiger partial charge in [-0.1, -0.05) is 6.58 Å². The van der Waals surface area contributed by atoms with Crippen LogP contribution in [0.3, 0.4) is 0 Å². The number of nitrogens with two attached hydrogens (primary N) is 1. The summed E-state index contributed by atoms with van der Waals surface area (Å²) in [5.74, 6) is -1.69. The summed E-state index contributed by atoms with van der Waals surface area (Å²) in [6.45, 7) is 3.68. The van der Waals surface area contributed by atoms with Gasteiger partial charge in [0.15, 0.2) is 0 Å². The Morgan fingerprint density at radius 2 is 2.07 bits per heavy atom. The van der Waals surface area contributed by atoms with Crippen LogP contribution in [0.25, 0.3) is 0 Å². The molecule has 1 rings (SSSR count). The van der Waals surface area contributed by atoms with Gasteiger partial charge >= 0.3 is 5.97 Å². The van der Waals surface area contributed by atoms with Crippen LogP contribution in [-0.2, 0) is 9.59 Å². The highest BCUT2D eigenvalue weighted by Gasteiger charge is 2.26. The SMILES string of the molecule is C=C(NC(=CC(N)=O)C(=O)O)C1CC1. The molecule has 76 valence electrons. The van der Waals surface area contributed by atoms with Gasteiger partial charge in [0.2, 0.25) is 5.91 Å². The van der Waals surface area contributed by atoms with Crippen molar-refractivity contribution in [1.82, 2.24) is 5.32 Å². The number of carbonyl (C=O) groups is 2. The van der Waals surface area contributed by atoms with Crippen molar-refractivity contribution < 1.29 is 14.7 Å². The highest BCUT2D eigenvalue weighted by molar-refractivity contribution is 5.96. The summed E-state index contributed by atoms with van der Waals surface area (Å²) >= 11 is 0. The monoisotopic (exact) mass is 196 g/mol. The first kappa shape index (κ1) is 10.3. The van der Waals surface area contributed by atoms with Crippen LogP contribution in [0, 0.1) is 5.92 Å². The number of hydrogen-bond donors (Lipinski definition) is 3. The minimum atomic E-state index is -1.22. The molecule has 5 nitrogen and oxygen atoms in total. The van der Waals surface area contributed by atoms with E-state index in [1.165, 1.54) is 0 Å².